The number of amides is 1. The Labute approximate surface area is 104 Å². The maximum atomic E-state index is 11.4. The summed E-state index contributed by atoms with van der Waals surface area (Å²) in [7, 11) is 0. The lowest BCUT2D eigenvalue weighted by Gasteiger charge is -2.13. The molecule has 18 heavy (non-hydrogen) atoms. The molecule has 6 heteroatoms. The third-order valence-electron chi connectivity index (χ3n) is 2.27. The van der Waals surface area contributed by atoms with Crippen molar-refractivity contribution in [2.24, 2.45) is 0 Å². The van der Waals surface area contributed by atoms with Crippen molar-refractivity contribution in [1.82, 2.24) is 5.32 Å². The Morgan fingerprint density at radius 1 is 1.39 bits per heavy atom. The van der Waals surface area contributed by atoms with Crippen LogP contribution in [0.25, 0.3) is 0 Å². The summed E-state index contributed by atoms with van der Waals surface area (Å²) in [5.74, 6) is -1.53. The molecule has 0 aromatic heterocycles. The van der Waals surface area contributed by atoms with Gasteiger partial charge in [-0.1, -0.05) is 19.1 Å². The topological polar surface area (TPSA) is 95.9 Å². The van der Waals surface area contributed by atoms with Crippen LogP contribution in [0.2, 0.25) is 0 Å². The van der Waals surface area contributed by atoms with Crippen LogP contribution in [0.4, 0.5) is 0 Å². The van der Waals surface area contributed by atoms with Crippen molar-refractivity contribution in [1.29, 1.82) is 0 Å². The maximum Gasteiger partial charge on any atom is 0.326 e. The van der Waals surface area contributed by atoms with Gasteiger partial charge in [0.2, 0.25) is 0 Å². The van der Waals surface area contributed by atoms with Crippen molar-refractivity contribution in [3.05, 3.63) is 24.3 Å². The number of para-hydroxylation sites is 2. The Bertz CT molecular complexity index is 432. The Hall–Kier alpha value is -2.24. The molecule has 1 rings (SSSR count). The standard InChI is InChI=1S/C12H15NO5/c1-2-8(12(16)17)13-11(15)7-18-10-6-4-3-5-9(10)14/h3-6,8,14H,2,7H2,1H3,(H,13,15)(H,16,17). The SMILES string of the molecule is CCC(NC(=O)COc1ccccc1O)C(=O)O. The molecule has 0 bridgehead atoms. The number of phenols is 1. The first-order valence-electron chi connectivity index (χ1n) is 5.47. The molecule has 6 nitrogen and oxygen atoms in total. The van der Waals surface area contributed by atoms with Crippen molar-refractivity contribution in [3.63, 3.8) is 0 Å². The quantitative estimate of drug-likeness (QED) is 0.695. The van der Waals surface area contributed by atoms with E-state index in [1.807, 2.05) is 0 Å². The highest BCUT2D eigenvalue weighted by molar-refractivity contribution is 5.84. The zero-order valence-electron chi connectivity index (χ0n) is 9.92. The number of carbonyl (C=O) groups is 2. The molecule has 0 fully saturated rings. The first kappa shape index (κ1) is 13.8. The lowest BCUT2D eigenvalue weighted by atomic mass is 10.2. The highest BCUT2D eigenvalue weighted by atomic mass is 16.5. The van der Waals surface area contributed by atoms with Crippen LogP contribution in [-0.4, -0.2) is 34.7 Å². The first-order valence-corrected chi connectivity index (χ1v) is 5.47. The lowest BCUT2D eigenvalue weighted by molar-refractivity contribution is -0.142. The van der Waals surface area contributed by atoms with Gasteiger partial charge in [-0.05, 0) is 18.6 Å². The number of nitrogens with one attached hydrogen (secondary N) is 1. The zero-order chi connectivity index (χ0) is 13.5. The predicted molar refractivity (Wildman–Crippen MR) is 63.5 cm³/mol. The normalized spacial score (nSPS) is 11.6. The molecule has 1 unspecified atom stereocenters. The van der Waals surface area contributed by atoms with Crippen LogP contribution < -0.4 is 10.1 Å². The summed E-state index contributed by atoms with van der Waals surface area (Å²) in [5.41, 5.74) is 0. The van der Waals surface area contributed by atoms with Gasteiger partial charge < -0.3 is 20.3 Å². The van der Waals surface area contributed by atoms with Gasteiger partial charge in [-0.2, -0.15) is 0 Å². The van der Waals surface area contributed by atoms with E-state index in [-0.39, 0.29) is 24.5 Å². The van der Waals surface area contributed by atoms with Crippen LogP contribution in [0.5, 0.6) is 11.5 Å². The summed E-state index contributed by atoms with van der Waals surface area (Å²) < 4.78 is 5.07. The van der Waals surface area contributed by atoms with Crippen LogP contribution in [0.15, 0.2) is 24.3 Å². The number of carboxylic acid groups (broad SMARTS) is 1. The van der Waals surface area contributed by atoms with Crippen molar-refractivity contribution in [3.8, 4) is 11.5 Å². The highest BCUT2D eigenvalue weighted by Gasteiger charge is 2.17. The van der Waals surface area contributed by atoms with Crippen LogP contribution in [0.3, 0.4) is 0 Å². The average Bonchev–Trinajstić information content (AvgIpc) is 2.34. The first-order chi connectivity index (χ1) is 8.54. The van der Waals surface area contributed by atoms with Crippen LogP contribution in [-0.2, 0) is 9.59 Å². The Morgan fingerprint density at radius 2 is 2.06 bits per heavy atom. The van der Waals surface area contributed by atoms with Crippen LogP contribution in [0, 0.1) is 0 Å². The minimum absolute atomic E-state index is 0.0735. The van der Waals surface area contributed by atoms with E-state index in [4.69, 9.17) is 9.84 Å². The molecule has 1 atom stereocenters. The fraction of sp³-hybridized carbons (Fsp3) is 0.333. The van der Waals surface area contributed by atoms with Gasteiger partial charge in [0, 0.05) is 0 Å². The Balaban J connectivity index is 2.47. The largest absolute Gasteiger partial charge is 0.504 e. The fourth-order valence-corrected chi connectivity index (χ4v) is 1.30. The third-order valence-corrected chi connectivity index (χ3v) is 2.27. The number of hydrogen-bond donors (Lipinski definition) is 3. The molecule has 1 aromatic carbocycles. The van der Waals surface area contributed by atoms with E-state index >= 15 is 0 Å². The number of ether oxygens (including phenoxy) is 1. The number of aromatic hydroxyl groups is 1. The minimum atomic E-state index is -1.09. The molecule has 0 aliphatic carbocycles. The predicted octanol–water partition coefficient (Wildman–Crippen LogP) is 0.750. The highest BCUT2D eigenvalue weighted by Crippen LogP contribution is 2.23. The molecule has 0 aliphatic heterocycles. The second-order valence-corrected chi connectivity index (χ2v) is 3.62. The zero-order valence-corrected chi connectivity index (χ0v) is 9.92. The summed E-state index contributed by atoms with van der Waals surface area (Å²) in [6.45, 7) is 1.31. The molecule has 0 aliphatic rings. The van der Waals surface area contributed by atoms with E-state index < -0.39 is 17.9 Å². The summed E-state index contributed by atoms with van der Waals surface area (Å²) >= 11 is 0. The van der Waals surface area contributed by atoms with E-state index in [9.17, 15) is 14.7 Å². The summed E-state index contributed by atoms with van der Waals surface area (Å²) in [5, 5.41) is 20.5. The Kier molecular flexibility index (Phi) is 4.98. The average molecular weight is 253 g/mol. The van der Waals surface area contributed by atoms with Gasteiger partial charge in [0.1, 0.15) is 6.04 Å². The lowest BCUT2D eigenvalue weighted by Crippen LogP contribution is -2.42. The number of aliphatic carboxylic acids is 1. The number of hydrogen-bond acceptors (Lipinski definition) is 4. The summed E-state index contributed by atoms with van der Waals surface area (Å²) in [6.07, 6.45) is 0.289. The smallest absolute Gasteiger partial charge is 0.326 e. The number of carboxylic acids is 1. The molecule has 0 saturated heterocycles. The van der Waals surface area contributed by atoms with Crippen molar-refractivity contribution < 1.29 is 24.5 Å². The number of benzene rings is 1. The van der Waals surface area contributed by atoms with Gasteiger partial charge >= 0.3 is 5.97 Å². The van der Waals surface area contributed by atoms with E-state index in [1.54, 1.807) is 19.1 Å². The maximum absolute atomic E-state index is 11.4. The van der Waals surface area contributed by atoms with E-state index in [2.05, 4.69) is 5.32 Å². The molecular formula is C12H15NO5. The second kappa shape index (κ2) is 6.48. The molecule has 0 radical (unpaired) electrons. The van der Waals surface area contributed by atoms with E-state index in [0.717, 1.165) is 0 Å². The number of rotatable bonds is 6. The van der Waals surface area contributed by atoms with Gasteiger partial charge in [-0.3, -0.25) is 4.79 Å². The molecule has 0 saturated carbocycles. The molecular weight excluding hydrogens is 238 g/mol. The van der Waals surface area contributed by atoms with Crippen molar-refractivity contribution in [2.75, 3.05) is 6.61 Å². The monoisotopic (exact) mass is 253 g/mol. The molecule has 0 spiro atoms. The minimum Gasteiger partial charge on any atom is -0.504 e. The van der Waals surface area contributed by atoms with Gasteiger partial charge in [-0.25, -0.2) is 4.79 Å². The van der Waals surface area contributed by atoms with Crippen molar-refractivity contribution >= 4 is 11.9 Å². The van der Waals surface area contributed by atoms with Crippen LogP contribution >= 0.6 is 0 Å². The molecule has 1 aromatic rings. The third kappa shape index (κ3) is 3.97. The summed E-state index contributed by atoms with van der Waals surface area (Å²) in [6, 6.07) is 5.29. The Morgan fingerprint density at radius 3 is 2.61 bits per heavy atom. The summed E-state index contributed by atoms with van der Waals surface area (Å²) in [4.78, 5) is 22.1. The number of phenolic OH excluding ortho intramolecular Hbond substituents is 1. The van der Waals surface area contributed by atoms with Crippen LogP contribution in [0.1, 0.15) is 13.3 Å². The second-order valence-electron chi connectivity index (χ2n) is 3.62. The van der Waals surface area contributed by atoms with E-state index in [1.165, 1.54) is 12.1 Å². The number of carbonyl (C=O) groups excluding carboxylic acids is 1. The molecule has 98 valence electrons. The van der Waals surface area contributed by atoms with Gasteiger partial charge in [0.25, 0.3) is 5.91 Å². The van der Waals surface area contributed by atoms with Gasteiger partial charge in [-0.15, -0.1) is 0 Å². The van der Waals surface area contributed by atoms with E-state index in [0.29, 0.717) is 0 Å². The molecule has 0 heterocycles. The fourth-order valence-electron chi connectivity index (χ4n) is 1.30. The van der Waals surface area contributed by atoms with Gasteiger partial charge in [0.05, 0.1) is 0 Å². The molecule has 1 amide bonds. The molecule has 3 N–H and O–H groups in total. The van der Waals surface area contributed by atoms with Gasteiger partial charge in [0.15, 0.2) is 18.1 Å². The van der Waals surface area contributed by atoms with Crippen molar-refractivity contribution in [2.45, 2.75) is 19.4 Å².